The average molecular weight is 192 g/mol. The molecule has 1 atom stereocenters. The van der Waals surface area contributed by atoms with Crippen LogP contribution in [0.4, 0.5) is 0 Å². The molecule has 0 saturated heterocycles. The summed E-state index contributed by atoms with van der Waals surface area (Å²) in [5.41, 5.74) is 0. The molecule has 0 aliphatic carbocycles. The molecule has 1 unspecified atom stereocenters. The Labute approximate surface area is 77.3 Å². The van der Waals surface area contributed by atoms with Gasteiger partial charge < -0.3 is 19.7 Å². The Hall–Kier alpha value is -0.650. The zero-order valence-corrected chi connectivity index (χ0v) is 7.73. The summed E-state index contributed by atoms with van der Waals surface area (Å²) in [6.07, 6.45) is -1.21. The molecular formula is C8H16O5. The number of rotatable bonds is 8. The molecule has 78 valence electrons. The summed E-state index contributed by atoms with van der Waals surface area (Å²) in [7, 11) is 0. The first-order valence-corrected chi connectivity index (χ1v) is 4.22. The van der Waals surface area contributed by atoms with E-state index >= 15 is 0 Å². The van der Waals surface area contributed by atoms with Crippen LogP contribution < -0.4 is 0 Å². The van der Waals surface area contributed by atoms with Gasteiger partial charge in [-0.1, -0.05) is 0 Å². The topological polar surface area (TPSA) is 76.0 Å². The lowest BCUT2D eigenvalue weighted by molar-refractivity contribution is -0.140. The molecule has 0 aliphatic rings. The van der Waals surface area contributed by atoms with Crippen molar-refractivity contribution in [1.29, 1.82) is 0 Å². The molecule has 0 aromatic rings. The molecule has 0 bridgehead atoms. The largest absolute Gasteiger partial charge is 0.481 e. The molecular weight excluding hydrogens is 176 g/mol. The van der Waals surface area contributed by atoms with Crippen molar-refractivity contribution >= 4 is 5.97 Å². The van der Waals surface area contributed by atoms with E-state index in [1.807, 2.05) is 6.92 Å². The van der Waals surface area contributed by atoms with Crippen LogP contribution in [-0.2, 0) is 14.3 Å². The fourth-order valence-electron chi connectivity index (χ4n) is 0.742. The minimum Gasteiger partial charge on any atom is -0.481 e. The van der Waals surface area contributed by atoms with Crippen molar-refractivity contribution in [2.75, 3.05) is 26.4 Å². The first kappa shape index (κ1) is 12.3. The highest BCUT2D eigenvalue weighted by Crippen LogP contribution is 1.92. The van der Waals surface area contributed by atoms with E-state index in [0.717, 1.165) is 0 Å². The Morgan fingerprint density at radius 3 is 2.54 bits per heavy atom. The maximum atomic E-state index is 10.1. The van der Waals surface area contributed by atoms with E-state index in [1.54, 1.807) is 0 Å². The highest BCUT2D eigenvalue weighted by atomic mass is 16.5. The number of ether oxygens (including phenoxy) is 2. The van der Waals surface area contributed by atoms with Crippen LogP contribution >= 0.6 is 0 Å². The Bertz CT molecular complexity index is 136. The monoisotopic (exact) mass is 192 g/mol. The van der Waals surface area contributed by atoms with Crippen molar-refractivity contribution in [3.63, 3.8) is 0 Å². The predicted octanol–water partition coefficient (Wildman–Crippen LogP) is -0.125. The van der Waals surface area contributed by atoms with Gasteiger partial charge in [-0.25, -0.2) is 0 Å². The quantitative estimate of drug-likeness (QED) is 0.524. The Kier molecular flexibility index (Phi) is 7.57. The Morgan fingerprint density at radius 1 is 1.38 bits per heavy atom. The third kappa shape index (κ3) is 9.26. The second kappa shape index (κ2) is 7.97. The molecule has 5 nitrogen and oxygen atoms in total. The van der Waals surface area contributed by atoms with Gasteiger partial charge in [0.2, 0.25) is 0 Å². The second-order valence-corrected chi connectivity index (χ2v) is 2.52. The smallest absolute Gasteiger partial charge is 0.306 e. The van der Waals surface area contributed by atoms with Crippen LogP contribution in [0.5, 0.6) is 0 Å². The minimum absolute atomic E-state index is 0.0410. The molecule has 0 aliphatic heterocycles. The summed E-state index contributed by atoms with van der Waals surface area (Å²) in [4.78, 5) is 10.1. The van der Waals surface area contributed by atoms with Gasteiger partial charge in [0.25, 0.3) is 0 Å². The number of hydrogen-bond acceptors (Lipinski definition) is 4. The maximum Gasteiger partial charge on any atom is 0.306 e. The van der Waals surface area contributed by atoms with E-state index in [-0.39, 0.29) is 13.0 Å². The number of carbonyl (C=O) groups is 1. The summed E-state index contributed by atoms with van der Waals surface area (Å²) < 4.78 is 9.93. The zero-order chi connectivity index (χ0) is 10.1. The summed E-state index contributed by atoms with van der Waals surface area (Å²) in [6.45, 7) is 3.39. The number of aliphatic carboxylic acids is 1. The molecule has 0 spiro atoms. The van der Waals surface area contributed by atoms with Crippen LogP contribution in [0.15, 0.2) is 0 Å². The van der Waals surface area contributed by atoms with Crippen LogP contribution in [-0.4, -0.2) is 48.7 Å². The van der Waals surface area contributed by atoms with Gasteiger partial charge in [0.05, 0.1) is 32.3 Å². The van der Waals surface area contributed by atoms with Crippen LogP contribution in [0, 0.1) is 0 Å². The third-order valence-electron chi connectivity index (χ3n) is 1.30. The van der Waals surface area contributed by atoms with Crippen LogP contribution in [0.1, 0.15) is 13.3 Å². The fraction of sp³-hybridized carbons (Fsp3) is 0.875. The first-order valence-electron chi connectivity index (χ1n) is 4.22. The fourth-order valence-corrected chi connectivity index (χ4v) is 0.742. The van der Waals surface area contributed by atoms with E-state index in [2.05, 4.69) is 0 Å². The molecule has 0 aromatic heterocycles. The van der Waals surface area contributed by atoms with Crippen LogP contribution in [0.3, 0.4) is 0 Å². The van der Waals surface area contributed by atoms with Crippen molar-refractivity contribution in [2.45, 2.75) is 19.4 Å². The predicted molar refractivity (Wildman–Crippen MR) is 45.6 cm³/mol. The highest BCUT2D eigenvalue weighted by molar-refractivity contribution is 5.67. The van der Waals surface area contributed by atoms with E-state index in [0.29, 0.717) is 19.8 Å². The molecule has 5 heteroatoms. The van der Waals surface area contributed by atoms with Gasteiger partial charge >= 0.3 is 5.97 Å². The van der Waals surface area contributed by atoms with Crippen LogP contribution in [0.2, 0.25) is 0 Å². The van der Waals surface area contributed by atoms with Gasteiger partial charge in [-0.3, -0.25) is 4.79 Å². The summed E-state index contributed by atoms with van der Waals surface area (Å²) in [5.74, 6) is -1.03. The molecule has 0 heterocycles. The lowest BCUT2D eigenvalue weighted by Gasteiger charge is -2.08. The average Bonchev–Trinajstić information content (AvgIpc) is 2.02. The molecule has 0 fully saturated rings. The van der Waals surface area contributed by atoms with E-state index in [1.165, 1.54) is 0 Å². The minimum atomic E-state index is -1.03. The second-order valence-electron chi connectivity index (χ2n) is 2.52. The van der Waals surface area contributed by atoms with Gasteiger partial charge in [0.15, 0.2) is 0 Å². The SMILES string of the molecule is CCOCCOCC(O)CC(=O)O. The van der Waals surface area contributed by atoms with Gasteiger partial charge in [0, 0.05) is 6.61 Å². The normalized spacial score (nSPS) is 12.8. The zero-order valence-electron chi connectivity index (χ0n) is 7.73. The lowest BCUT2D eigenvalue weighted by Crippen LogP contribution is -2.20. The number of carboxylic acid groups (broad SMARTS) is 1. The number of aliphatic hydroxyl groups excluding tert-OH is 1. The van der Waals surface area contributed by atoms with E-state index in [4.69, 9.17) is 19.7 Å². The molecule has 0 amide bonds. The van der Waals surface area contributed by atoms with Gasteiger partial charge in [-0.05, 0) is 6.92 Å². The number of carboxylic acids is 1. The summed E-state index contributed by atoms with van der Waals surface area (Å²) >= 11 is 0. The van der Waals surface area contributed by atoms with Crippen molar-refractivity contribution in [1.82, 2.24) is 0 Å². The Balaban J connectivity index is 3.17. The standard InChI is InChI=1S/C8H16O5/c1-2-12-3-4-13-6-7(9)5-8(10)11/h7,9H,2-6H2,1H3,(H,10,11). The van der Waals surface area contributed by atoms with E-state index in [9.17, 15) is 4.79 Å². The van der Waals surface area contributed by atoms with Gasteiger partial charge in [-0.15, -0.1) is 0 Å². The number of hydrogen-bond donors (Lipinski definition) is 2. The van der Waals surface area contributed by atoms with Crippen LogP contribution in [0.25, 0.3) is 0 Å². The molecule has 0 rings (SSSR count). The molecule has 0 radical (unpaired) electrons. The molecule has 13 heavy (non-hydrogen) atoms. The van der Waals surface area contributed by atoms with Crippen molar-refractivity contribution in [3.05, 3.63) is 0 Å². The van der Waals surface area contributed by atoms with Gasteiger partial charge in [0.1, 0.15) is 0 Å². The third-order valence-corrected chi connectivity index (χ3v) is 1.30. The Morgan fingerprint density at radius 2 is 2.00 bits per heavy atom. The molecule has 2 N–H and O–H groups in total. The van der Waals surface area contributed by atoms with E-state index < -0.39 is 12.1 Å². The van der Waals surface area contributed by atoms with Crippen molar-refractivity contribution in [3.8, 4) is 0 Å². The maximum absolute atomic E-state index is 10.1. The van der Waals surface area contributed by atoms with Crippen molar-refractivity contribution < 1.29 is 24.5 Å². The molecule has 0 aromatic carbocycles. The summed E-state index contributed by atoms with van der Waals surface area (Å²) in [6, 6.07) is 0. The highest BCUT2D eigenvalue weighted by Gasteiger charge is 2.08. The summed E-state index contributed by atoms with van der Waals surface area (Å²) in [5, 5.41) is 17.3. The lowest BCUT2D eigenvalue weighted by atomic mass is 10.3. The first-order chi connectivity index (χ1) is 6.16. The van der Waals surface area contributed by atoms with Gasteiger partial charge in [-0.2, -0.15) is 0 Å². The van der Waals surface area contributed by atoms with Crippen molar-refractivity contribution in [2.24, 2.45) is 0 Å². The number of aliphatic hydroxyl groups is 1. The molecule has 0 saturated carbocycles.